The summed E-state index contributed by atoms with van der Waals surface area (Å²) >= 11 is 0. The molecule has 0 radical (unpaired) electrons. The van der Waals surface area contributed by atoms with E-state index in [4.69, 9.17) is 4.52 Å². The van der Waals surface area contributed by atoms with Crippen molar-refractivity contribution in [2.24, 2.45) is 11.3 Å². The molecule has 116 valence electrons. The zero-order valence-electron chi connectivity index (χ0n) is 12.7. The second kappa shape index (κ2) is 5.06. The van der Waals surface area contributed by atoms with Gasteiger partial charge in [-0.25, -0.2) is 0 Å². The van der Waals surface area contributed by atoms with E-state index in [9.17, 15) is 9.90 Å². The summed E-state index contributed by atoms with van der Waals surface area (Å²) in [5.41, 5.74) is -0.640. The van der Waals surface area contributed by atoms with Crippen molar-refractivity contribution in [2.45, 2.75) is 26.3 Å². The lowest BCUT2D eigenvalue weighted by atomic mass is 9.81. The molecule has 3 heterocycles. The van der Waals surface area contributed by atoms with Crippen molar-refractivity contribution in [1.82, 2.24) is 19.9 Å². The number of aliphatic carboxylic acids is 1. The molecule has 1 aromatic heterocycles. The first-order valence-electron chi connectivity index (χ1n) is 7.37. The molecule has 2 atom stereocenters. The van der Waals surface area contributed by atoms with Crippen molar-refractivity contribution in [3.05, 3.63) is 11.7 Å². The molecule has 7 nitrogen and oxygen atoms in total. The Balaban J connectivity index is 1.70. The maximum atomic E-state index is 11.7. The summed E-state index contributed by atoms with van der Waals surface area (Å²) in [7, 11) is 1.99. The second-order valence-electron chi connectivity index (χ2n) is 6.73. The highest BCUT2D eigenvalue weighted by molar-refractivity contribution is 5.77. The molecule has 1 aromatic rings. The molecule has 2 aliphatic rings. The molecule has 0 saturated carbocycles. The van der Waals surface area contributed by atoms with Crippen LogP contribution >= 0.6 is 0 Å². The highest BCUT2D eigenvalue weighted by Crippen LogP contribution is 2.42. The van der Waals surface area contributed by atoms with Crippen LogP contribution in [0.2, 0.25) is 0 Å². The van der Waals surface area contributed by atoms with E-state index in [0.29, 0.717) is 31.3 Å². The van der Waals surface area contributed by atoms with E-state index in [2.05, 4.69) is 19.9 Å². The number of hydrogen-bond acceptors (Lipinski definition) is 6. The zero-order chi connectivity index (χ0) is 15.2. The number of carboxylic acid groups (broad SMARTS) is 1. The fourth-order valence-corrected chi connectivity index (χ4v) is 3.61. The first-order valence-corrected chi connectivity index (χ1v) is 7.37. The van der Waals surface area contributed by atoms with Gasteiger partial charge in [-0.05, 0) is 7.05 Å². The van der Waals surface area contributed by atoms with E-state index >= 15 is 0 Å². The summed E-state index contributed by atoms with van der Waals surface area (Å²) in [6.07, 6.45) is 0. The monoisotopic (exact) mass is 294 g/mol. The topological polar surface area (TPSA) is 82.7 Å². The van der Waals surface area contributed by atoms with Crippen molar-refractivity contribution in [2.75, 3.05) is 33.2 Å². The molecule has 0 aliphatic carbocycles. The van der Waals surface area contributed by atoms with Crippen molar-refractivity contribution >= 4 is 5.97 Å². The van der Waals surface area contributed by atoms with Crippen LogP contribution in [0.5, 0.6) is 0 Å². The largest absolute Gasteiger partial charge is 0.481 e. The van der Waals surface area contributed by atoms with E-state index in [1.165, 1.54) is 0 Å². The lowest BCUT2D eigenvalue weighted by molar-refractivity contribution is -0.148. The molecule has 2 aliphatic heterocycles. The van der Waals surface area contributed by atoms with Crippen molar-refractivity contribution < 1.29 is 14.4 Å². The summed E-state index contributed by atoms with van der Waals surface area (Å²) in [5, 5.41) is 13.6. The van der Waals surface area contributed by atoms with Gasteiger partial charge in [-0.1, -0.05) is 19.0 Å². The maximum absolute atomic E-state index is 11.7. The van der Waals surface area contributed by atoms with E-state index in [1.807, 2.05) is 20.9 Å². The lowest BCUT2D eigenvalue weighted by Crippen LogP contribution is -2.40. The maximum Gasteiger partial charge on any atom is 0.312 e. The van der Waals surface area contributed by atoms with Crippen molar-refractivity contribution in [3.63, 3.8) is 0 Å². The third-order valence-electron chi connectivity index (χ3n) is 4.62. The van der Waals surface area contributed by atoms with Gasteiger partial charge in [0.2, 0.25) is 5.89 Å². The zero-order valence-corrected chi connectivity index (χ0v) is 12.7. The predicted molar refractivity (Wildman–Crippen MR) is 74.7 cm³/mol. The highest BCUT2D eigenvalue weighted by atomic mass is 16.5. The Hall–Kier alpha value is -1.47. The van der Waals surface area contributed by atoms with Crippen LogP contribution in [0.1, 0.15) is 31.5 Å². The van der Waals surface area contributed by atoms with Gasteiger partial charge >= 0.3 is 5.97 Å². The Kier molecular flexibility index (Phi) is 3.49. The van der Waals surface area contributed by atoms with Gasteiger partial charge in [0.1, 0.15) is 0 Å². The molecule has 21 heavy (non-hydrogen) atoms. The molecule has 0 spiro atoms. The summed E-state index contributed by atoms with van der Waals surface area (Å²) < 4.78 is 5.21. The fraction of sp³-hybridized carbons (Fsp3) is 0.786. The number of rotatable bonds is 4. The Morgan fingerprint density at radius 2 is 2.24 bits per heavy atom. The molecule has 7 heteroatoms. The molecule has 3 rings (SSSR count). The van der Waals surface area contributed by atoms with Crippen LogP contribution in [0.15, 0.2) is 4.52 Å². The fourth-order valence-electron chi connectivity index (χ4n) is 3.61. The third-order valence-corrected chi connectivity index (χ3v) is 4.62. The molecule has 0 aromatic carbocycles. The van der Waals surface area contributed by atoms with Crippen LogP contribution in [-0.2, 0) is 11.3 Å². The van der Waals surface area contributed by atoms with E-state index in [1.54, 1.807) is 0 Å². The summed E-state index contributed by atoms with van der Waals surface area (Å²) in [6, 6.07) is 0. The average molecular weight is 294 g/mol. The minimum Gasteiger partial charge on any atom is -0.481 e. The minimum atomic E-state index is -0.685. The van der Waals surface area contributed by atoms with Crippen molar-refractivity contribution in [3.8, 4) is 0 Å². The van der Waals surface area contributed by atoms with Gasteiger partial charge in [0.25, 0.3) is 0 Å². The molecular formula is C14H22N4O3. The lowest BCUT2D eigenvalue weighted by Gasteiger charge is -2.23. The third kappa shape index (κ3) is 2.44. The number of aromatic nitrogens is 2. The normalized spacial score (nSPS) is 30.2. The number of hydrogen-bond donors (Lipinski definition) is 1. The SMILES string of the molecule is CC(C)c1nc(CN2C[C@@H]3CN(C)C[C@]3(C(=O)O)C2)no1. The van der Waals surface area contributed by atoms with Gasteiger partial charge in [-0.3, -0.25) is 9.69 Å². The van der Waals surface area contributed by atoms with Gasteiger partial charge in [0, 0.05) is 38.0 Å². The first kappa shape index (κ1) is 14.5. The number of carbonyl (C=O) groups is 1. The first-order chi connectivity index (χ1) is 9.90. The van der Waals surface area contributed by atoms with Gasteiger partial charge < -0.3 is 14.5 Å². The summed E-state index contributed by atoms with van der Waals surface area (Å²) in [5.74, 6) is 0.986. The van der Waals surface area contributed by atoms with Crippen LogP contribution in [-0.4, -0.2) is 64.2 Å². The number of carboxylic acids is 1. The predicted octanol–water partition coefficient (Wildman–Crippen LogP) is 0.641. The molecule has 0 unspecified atom stereocenters. The molecule has 2 fully saturated rings. The highest BCUT2D eigenvalue weighted by Gasteiger charge is 2.56. The van der Waals surface area contributed by atoms with Crippen LogP contribution in [0.25, 0.3) is 0 Å². The second-order valence-corrected chi connectivity index (χ2v) is 6.73. The molecular weight excluding hydrogens is 272 g/mol. The standard InChI is InChI=1S/C14H22N4O3/c1-9(2)12-15-11(16-21-12)6-18-5-10-4-17(3)7-14(10,8-18)13(19)20/h9-10H,4-8H2,1-3H3,(H,19,20)/t10-,14-/m0/s1. The van der Waals surface area contributed by atoms with Gasteiger partial charge in [0.15, 0.2) is 5.82 Å². The summed E-state index contributed by atoms with van der Waals surface area (Å²) in [6.45, 7) is 7.37. The van der Waals surface area contributed by atoms with Crippen molar-refractivity contribution in [1.29, 1.82) is 0 Å². The van der Waals surface area contributed by atoms with Crippen LogP contribution < -0.4 is 0 Å². The molecule has 0 bridgehead atoms. The minimum absolute atomic E-state index is 0.177. The smallest absolute Gasteiger partial charge is 0.312 e. The summed E-state index contributed by atoms with van der Waals surface area (Å²) in [4.78, 5) is 20.4. The molecule has 0 amide bonds. The van der Waals surface area contributed by atoms with E-state index in [-0.39, 0.29) is 11.8 Å². The van der Waals surface area contributed by atoms with Crippen LogP contribution in [0, 0.1) is 11.3 Å². The average Bonchev–Trinajstić information content (AvgIpc) is 3.02. The number of nitrogens with zero attached hydrogens (tertiary/aromatic N) is 4. The Morgan fingerprint density at radius 1 is 1.48 bits per heavy atom. The number of fused-ring (bicyclic) bond motifs is 1. The molecule has 2 saturated heterocycles. The van der Waals surface area contributed by atoms with Gasteiger partial charge in [-0.15, -0.1) is 0 Å². The Labute approximate surface area is 123 Å². The van der Waals surface area contributed by atoms with Gasteiger partial charge in [0.05, 0.1) is 12.0 Å². The van der Waals surface area contributed by atoms with E-state index < -0.39 is 11.4 Å². The number of likely N-dealkylation sites (tertiary alicyclic amines) is 2. The van der Waals surface area contributed by atoms with Gasteiger partial charge in [-0.2, -0.15) is 4.98 Å². The van der Waals surface area contributed by atoms with Crippen LogP contribution in [0.4, 0.5) is 0 Å². The Bertz CT molecular complexity index is 544. The van der Waals surface area contributed by atoms with E-state index in [0.717, 1.165) is 13.1 Å². The quantitative estimate of drug-likeness (QED) is 0.872. The molecule has 1 N–H and O–H groups in total. The van der Waals surface area contributed by atoms with Crippen LogP contribution in [0.3, 0.4) is 0 Å². The Morgan fingerprint density at radius 3 is 2.81 bits per heavy atom.